The van der Waals surface area contributed by atoms with E-state index in [0.717, 1.165) is 42.4 Å². The number of rotatable bonds is 4. The Hall–Kier alpha value is -0.530. The average molecular weight is 361 g/mol. The van der Waals surface area contributed by atoms with Crippen molar-refractivity contribution in [3.05, 3.63) is 0 Å². The minimum absolute atomic E-state index is 0.364. The molecule has 0 radical (unpaired) electrons. The molecule has 4 saturated carbocycles. The van der Waals surface area contributed by atoms with Crippen molar-refractivity contribution in [1.29, 1.82) is 0 Å². The van der Waals surface area contributed by atoms with Gasteiger partial charge >= 0.3 is 5.97 Å². The fourth-order valence-electron chi connectivity index (χ4n) is 8.36. The third-order valence-corrected chi connectivity index (χ3v) is 9.84. The van der Waals surface area contributed by atoms with E-state index in [2.05, 4.69) is 13.8 Å². The third kappa shape index (κ3) is 3.24. The molecule has 0 bridgehead atoms. The van der Waals surface area contributed by atoms with Crippen molar-refractivity contribution in [3.8, 4) is 0 Å². The molecule has 4 aliphatic carbocycles. The summed E-state index contributed by atoms with van der Waals surface area (Å²) in [4.78, 5) is 10.9. The summed E-state index contributed by atoms with van der Waals surface area (Å²) in [6.07, 6.45) is 18.5. The van der Waals surface area contributed by atoms with E-state index in [9.17, 15) is 4.79 Å². The number of carboxylic acids is 1. The van der Waals surface area contributed by atoms with E-state index in [1.54, 1.807) is 0 Å². The lowest BCUT2D eigenvalue weighted by atomic mass is 9.55. The first-order valence-corrected chi connectivity index (χ1v) is 11.6. The van der Waals surface area contributed by atoms with Crippen molar-refractivity contribution in [3.63, 3.8) is 0 Å². The van der Waals surface area contributed by atoms with Gasteiger partial charge in [-0.1, -0.05) is 26.7 Å². The van der Waals surface area contributed by atoms with Crippen LogP contribution in [0.15, 0.2) is 0 Å². The molecule has 2 heteroatoms. The molecule has 1 N–H and O–H groups in total. The van der Waals surface area contributed by atoms with Crippen molar-refractivity contribution in [2.45, 2.75) is 104 Å². The van der Waals surface area contributed by atoms with Gasteiger partial charge < -0.3 is 5.11 Å². The summed E-state index contributed by atoms with van der Waals surface area (Å²) < 4.78 is 0. The highest BCUT2D eigenvalue weighted by Gasteiger charge is 2.55. The molecule has 0 spiro atoms. The molecule has 0 aliphatic heterocycles. The molecule has 148 valence electrons. The number of carboxylic acid groups (broad SMARTS) is 1. The molecule has 2 nitrogen and oxygen atoms in total. The maximum absolute atomic E-state index is 10.9. The second kappa shape index (κ2) is 7.13. The van der Waals surface area contributed by atoms with Crippen LogP contribution in [0.2, 0.25) is 0 Å². The first kappa shape index (κ1) is 18.8. The first-order chi connectivity index (χ1) is 12.4. The van der Waals surface area contributed by atoms with Crippen LogP contribution in [-0.4, -0.2) is 11.1 Å². The van der Waals surface area contributed by atoms with Gasteiger partial charge in [-0.05, 0) is 111 Å². The molecular weight excluding hydrogens is 320 g/mol. The summed E-state index contributed by atoms with van der Waals surface area (Å²) in [5.41, 5.74) is 1.15. The highest BCUT2D eigenvalue weighted by molar-refractivity contribution is 5.66. The second-order valence-corrected chi connectivity index (χ2v) is 11.0. The Labute approximate surface area is 160 Å². The SMILES string of the molecule is CC12CCCC[C@H]1CC[C@@H]1C(CC[C@]3(C)C(CCCC(=O)O)CCC13)C2. The fraction of sp³-hybridized carbons (Fsp3) is 0.958. The Morgan fingerprint density at radius 1 is 1.00 bits per heavy atom. The molecule has 4 fully saturated rings. The van der Waals surface area contributed by atoms with Gasteiger partial charge in [-0.25, -0.2) is 0 Å². The zero-order valence-corrected chi connectivity index (χ0v) is 17.1. The summed E-state index contributed by atoms with van der Waals surface area (Å²) in [7, 11) is 0. The van der Waals surface area contributed by atoms with E-state index < -0.39 is 5.97 Å². The Morgan fingerprint density at radius 3 is 2.65 bits per heavy atom. The number of hydrogen-bond acceptors (Lipinski definition) is 1. The lowest BCUT2D eigenvalue weighted by Gasteiger charge is -2.50. The van der Waals surface area contributed by atoms with Crippen molar-refractivity contribution < 1.29 is 9.90 Å². The minimum atomic E-state index is -0.618. The van der Waals surface area contributed by atoms with Gasteiger partial charge in [-0.3, -0.25) is 4.79 Å². The van der Waals surface area contributed by atoms with Gasteiger partial charge in [-0.15, -0.1) is 0 Å². The highest BCUT2D eigenvalue weighted by Crippen LogP contribution is 2.64. The Morgan fingerprint density at radius 2 is 1.85 bits per heavy atom. The van der Waals surface area contributed by atoms with Crippen molar-refractivity contribution in [1.82, 2.24) is 0 Å². The van der Waals surface area contributed by atoms with Gasteiger partial charge in [0.05, 0.1) is 0 Å². The van der Waals surface area contributed by atoms with Gasteiger partial charge in [0.15, 0.2) is 0 Å². The van der Waals surface area contributed by atoms with Crippen LogP contribution in [0, 0.1) is 40.4 Å². The fourth-order valence-corrected chi connectivity index (χ4v) is 8.36. The lowest BCUT2D eigenvalue weighted by Crippen LogP contribution is -2.42. The quantitative estimate of drug-likeness (QED) is 0.607. The second-order valence-electron chi connectivity index (χ2n) is 11.0. The molecule has 0 aromatic carbocycles. The maximum Gasteiger partial charge on any atom is 0.303 e. The predicted molar refractivity (Wildman–Crippen MR) is 106 cm³/mol. The number of hydrogen-bond donors (Lipinski definition) is 1. The van der Waals surface area contributed by atoms with Crippen LogP contribution in [0.5, 0.6) is 0 Å². The number of carbonyl (C=O) groups is 1. The molecule has 4 unspecified atom stereocenters. The first-order valence-electron chi connectivity index (χ1n) is 11.6. The topological polar surface area (TPSA) is 37.3 Å². The lowest BCUT2D eigenvalue weighted by molar-refractivity contribution is -0.137. The zero-order valence-electron chi connectivity index (χ0n) is 17.1. The van der Waals surface area contributed by atoms with Crippen molar-refractivity contribution in [2.24, 2.45) is 40.4 Å². The maximum atomic E-state index is 10.9. The van der Waals surface area contributed by atoms with E-state index in [0.29, 0.717) is 17.3 Å². The van der Waals surface area contributed by atoms with Gasteiger partial charge in [0.25, 0.3) is 0 Å². The Bertz CT molecular complexity index is 528. The molecule has 4 aliphatic rings. The highest BCUT2D eigenvalue weighted by atomic mass is 16.4. The van der Waals surface area contributed by atoms with Crippen LogP contribution in [0.1, 0.15) is 104 Å². The summed E-state index contributed by atoms with van der Waals surface area (Å²) in [5.74, 6) is 4.06. The standard InChI is InChI=1S/C24H40O2/c1-23-14-4-3-6-18(23)9-11-20-17(16-23)13-15-24(2)19(10-12-21(20)24)7-5-8-22(25)26/h17-21H,3-16H2,1-2H3,(H,25,26)/t17?,18-,19?,20+,21?,23?,24+/m0/s1. The Kier molecular flexibility index (Phi) is 5.16. The van der Waals surface area contributed by atoms with E-state index in [-0.39, 0.29) is 0 Å². The largest absolute Gasteiger partial charge is 0.481 e. The summed E-state index contributed by atoms with van der Waals surface area (Å²) >= 11 is 0. The third-order valence-electron chi connectivity index (χ3n) is 9.84. The smallest absolute Gasteiger partial charge is 0.303 e. The molecule has 4 rings (SSSR count). The van der Waals surface area contributed by atoms with Crippen LogP contribution in [-0.2, 0) is 4.79 Å². The number of fused-ring (bicyclic) bond motifs is 4. The van der Waals surface area contributed by atoms with Crippen LogP contribution in [0.25, 0.3) is 0 Å². The van der Waals surface area contributed by atoms with Crippen molar-refractivity contribution >= 4 is 5.97 Å². The zero-order chi connectivity index (χ0) is 18.4. The monoisotopic (exact) mass is 360 g/mol. The van der Waals surface area contributed by atoms with Gasteiger partial charge in [0.1, 0.15) is 0 Å². The van der Waals surface area contributed by atoms with Crippen LogP contribution < -0.4 is 0 Å². The van der Waals surface area contributed by atoms with Crippen LogP contribution in [0.3, 0.4) is 0 Å². The van der Waals surface area contributed by atoms with E-state index in [1.165, 1.54) is 70.6 Å². The van der Waals surface area contributed by atoms with E-state index >= 15 is 0 Å². The van der Waals surface area contributed by atoms with E-state index in [1.807, 2.05) is 0 Å². The molecular formula is C24H40O2. The van der Waals surface area contributed by atoms with Crippen molar-refractivity contribution in [2.75, 3.05) is 0 Å². The van der Waals surface area contributed by atoms with Crippen LogP contribution in [0.4, 0.5) is 0 Å². The van der Waals surface area contributed by atoms with E-state index in [4.69, 9.17) is 5.11 Å². The molecule has 26 heavy (non-hydrogen) atoms. The van der Waals surface area contributed by atoms with Gasteiger partial charge in [-0.2, -0.15) is 0 Å². The van der Waals surface area contributed by atoms with Gasteiger partial charge in [0.2, 0.25) is 0 Å². The summed E-state index contributed by atoms with van der Waals surface area (Å²) in [6.45, 7) is 5.22. The summed E-state index contributed by atoms with van der Waals surface area (Å²) in [6, 6.07) is 0. The van der Waals surface area contributed by atoms with Gasteiger partial charge in [0, 0.05) is 6.42 Å². The predicted octanol–water partition coefficient (Wildman–Crippen LogP) is 6.68. The summed E-state index contributed by atoms with van der Waals surface area (Å²) in [5, 5.41) is 9.00. The average Bonchev–Trinajstić information content (AvgIpc) is 2.83. The molecule has 0 aromatic rings. The number of aliphatic carboxylic acids is 1. The molecule has 0 amide bonds. The minimum Gasteiger partial charge on any atom is -0.481 e. The molecule has 0 heterocycles. The van der Waals surface area contributed by atoms with Crippen LogP contribution >= 0.6 is 0 Å². The normalized spacial score (nSPS) is 48.2. The molecule has 7 atom stereocenters. The molecule has 0 saturated heterocycles. The molecule has 0 aromatic heterocycles. The Balaban J connectivity index is 1.47.